The third-order valence-electron chi connectivity index (χ3n) is 0.725. The summed E-state index contributed by atoms with van der Waals surface area (Å²) in [5.74, 6) is -6.06. The topological polar surface area (TPSA) is 26.3 Å². The van der Waals surface area contributed by atoms with Crippen molar-refractivity contribution in [3.05, 3.63) is 0 Å². The van der Waals surface area contributed by atoms with Gasteiger partial charge in [0.2, 0.25) is 0 Å². The van der Waals surface area contributed by atoms with Gasteiger partial charge in [-0.05, 0) is 0 Å². The molecule has 0 radical (unpaired) electrons. The monoisotopic (exact) mass is 192 g/mol. The van der Waals surface area contributed by atoms with Gasteiger partial charge >= 0.3 is 18.1 Å². The van der Waals surface area contributed by atoms with Gasteiger partial charge in [-0.15, -0.1) is 0 Å². The van der Waals surface area contributed by atoms with Crippen molar-refractivity contribution in [2.75, 3.05) is 6.61 Å². The smallest absolute Gasteiger partial charge is 0.422 e. The molecule has 0 aliphatic rings. The van der Waals surface area contributed by atoms with E-state index in [0.29, 0.717) is 0 Å². The van der Waals surface area contributed by atoms with E-state index < -0.39 is 24.7 Å². The minimum Gasteiger partial charge on any atom is -0.452 e. The van der Waals surface area contributed by atoms with Gasteiger partial charge in [-0.1, -0.05) is 0 Å². The zero-order valence-electron chi connectivity index (χ0n) is 5.91. The molecule has 2 nitrogen and oxygen atoms in total. The Morgan fingerprint density at radius 3 is 1.92 bits per heavy atom. The number of alkyl halides is 5. The second-order valence-corrected chi connectivity index (χ2v) is 2.08. The molecule has 0 aromatic heterocycles. The Balaban J connectivity index is 3.90. The molecule has 0 aliphatic heterocycles. The fourth-order valence-corrected chi connectivity index (χ4v) is 0.274. The van der Waals surface area contributed by atoms with Crippen molar-refractivity contribution in [3.8, 4) is 0 Å². The van der Waals surface area contributed by atoms with Gasteiger partial charge in [0.15, 0.2) is 6.61 Å². The van der Waals surface area contributed by atoms with Crippen LogP contribution in [0, 0.1) is 0 Å². The summed E-state index contributed by atoms with van der Waals surface area (Å²) in [7, 11) is 0. The predicted octanol–water partition coefficient (Wildman–Crippen LogP) is 1.75. The Labute approximate surface area is 64.3 Å². The summed E-state index contributed by atoms with van der Waals surface area (Å²) >= 11 is 0. The molecule has 0 aliphatic carbocycles. The first-order valence-electron chi connectivity index (χ1n) is 2.75. The lowest BCUT2D eigenvalue weighted by atomic mass is 10.4. The van der Waals surface area contributed by atoms with Crippen molar-refractivity contribution in [1.29, 1.82) is 0 Å². The van der Waals surface area contributed by atoms with E-state index in [9.17, 15) is 26.7 Å². The highest BCUT2D eigenvalue weighted by molar-refractivity contribution is 5.76. The third kappa shape index (κ3) is 4.86. The molecule has 12 heavy (non-hydrogen) atoms. The number of hydrogen-bond donors (Lipinski definition) is 0. The molecule has 0 saturated carbocycles. The van der Waals surface area contributed by atoms with Crippen LogP contribution in [-0.2, 0) is 9.53 Å². The molecule has 0 atom stereocenters. The minimum atomic E-state index is -4.78. The maximum Gasteiger partial charge on any atom is 0.422 e. The average molecular weight is 192 g/mol. The summed E-state index contributed by atoms with van der Waals surface area (Å²) in [5, 5.41) is 0. The van der Waals surface area contributed by atoms with E-state index in [-0.39, 0.29) is 6.92 Å². The summed E-state index contributed by atoms with van der Waals surface area (Å²) in [6, 6.07) is 0. The van der Waals surface area contributed by atoms with Gasteiger partial charge in [-0.25, -0.2) is 4.79 Å². The van der Waals surface area contributed by atoms with Crippen molar-refractivity contribution in [3.63, 3.8) is 0 Å². The molecule has 0 N–H and O–H groups in total. The third-order valence-corrected chi connectivity index (χ3v) is 0.725. The molecule has 7 heteroatoms. The summed E-state index contributed by atoms with van der Waals surface area (Å²) < 4.78 is 60.8. The lowest BCUT2D eigenvalue weighted by Gasteiger charge is -2.11. The number of hydrogen-bond acceptors (Lipinski definition) is 2. The number of carbonyl (C=O) groups is 1. The van der Waals surface area contributed by atoms with Gasteiger partial charge in [-0.3, -0.25) is 0 Å². The highest BCUT2D eigenvalue weighted by Gasteiger charge is 2.38. The van der Waals surface area contributed by atoms with Gasteiger partial charge in [0.25, 0.3) is 0 Å². The summed E-state index contributed by atoms with van der Waals surface area (Å²) in [6.07, 6.45) is -4.78. The molecule has 0 aromatic rings. The second-order valence-electron chi connectivity index (χ2n) is 2.08. The Bertz CT molecular complexity index is 168. The first kappa shape index (κ1) is 11.1. The van der Waals surface area contributed by atoms with E-state index in [0.717, 1.165) is 0 Å². The molecule has 0 aromatic carbocycles. The molecule has 0 rings (SSSR count). The molecule has 0 amide bonds. The molecule has 0 spiro atoms. The molecule has 72 valence electrons. The second kappa shape index (κ2) is 3.24. The summed E-state index contributed by atoms with van der Waals surface area (Å²) in [5.41, 5.74) is 0. The highest BCUT2D eigenvalue weighted by Crippen LogP contribution is 2.18. The fraction of sp³-hybridized carbons (Fsp3) is 0.800. The minimum absolute atomic E-state index is 0.158. The van der Waals surface area contributed by atoms with Crippen molar-refractivity contribution in [2.45, 2.75) is 19.0 Å². The zero-order valence-corrected chi connectivity index (χ0v) is 5.91. The number of halogens is 5. The SMILES string of the molecule is CC(F)(F)C(=O)OCC(F)(F)F. The molecule has 0 fully saturated rings. The van der Waals surface area contributed by atoms with Gasteiger partial charge in [0.05, 0.1) is 0 Å². The van der Waals surface area contributed by atoms with E-state index >= 15 is 0 Å². The van der Waals surface area contributed by atoms with Crippen LogP contribution >= 0.6 is 0 Å². The summed E-state index contributed by atoms with van der Waals surface area (Å²) in [4.78, 5) is 10.0. The number of esters is 1. The first-order chi connectivity index (χ1) is 5.13. The Morgan fingerprint density at radius 2 is 1.67 bits per heavy atom. The van der Waals surface area contributed by atoms with Gasteiger partial charge in [0.1, 0.15) is 0 Å². The lowest BCUT2D eigenvalue weighted by molar-refractivity contribution is -0.201. The van der Waals surface area contributed by atoms with Crippen molar-refractivity contribution in [1.82, 2.24) is 0 Å². The van der Waals surface area contributed by atoms with Crippen LogP contribution in [-0.4, -0.2) is 24.7 Å². The Kier molecular flexibility index (Phi) is 3.00. The first-order valence-corrected chi connectivity index (χ1v) is 2.75. The number of rotatable bonds is 2. The quantitative estimate of drug-likeness (QED) is 0.492. The van der Waals surface area contributed by atoms with Gasteiger partial charge in [-0.2, -0.15) is 22.0 Å². The van der Waals surface area contributed by atoms with Crippen LogP contribution in [0.3, 0.4) is 0 Å². The van der Waals surface area contributed by atoms with E-state index in [1.807, 2.05) is 0 Å². The van der Waals surface area contributed by atoms with Gasteiger partial charge in [0, 0.05) is 6.92 Å². The molecule has 0 saturated heterocycles. The van der Waals surface area contributed by atoms with Crippen LogP contribution in [0.1, 0.15) is 6.92 Å². The van der Waals surface area contributed by atoms with E-state index in [1.54, 1.807) is 0 Å². The molecular weight excluding hydrogens is 187 g/mol. The van der Waals surface area contributed by atoms with Crippen molar-refractivity contribution in [2.24, 2.45) is 0 Å². The molecule has 0 unspecified atom stereocenters. The van der Waals surface area contributed by atoms with Crippen LogP contribution in [0.15, 0.2) is 0 Å². The fourth-order valence-electron chi connectivity index (χ4n) is 0.274. The van der Waals surface area contributed by atoms with E-state index in [1.165, 1.54) is 0 Å². The van der Waals surface area contributed by atoms with Gasteiger partial charge < -0.3 is 4.74 Å². The van der Waals surface area contributed by atoms with E-state index in [4.69, 9.17) is 0 Å². The summed E-state index contributed by atoms with van der Waals surface area (Å²) in [6.45, 7) is -1.83. The van der Waals surface area contributed by atoms with Crippen LogP contribution in [0.5, 0.6) is 0 Å². The lowest BCUT2D eigenvalue weighted by Crippen LogP contribution is -2.30. The predicted molar refractivity (Wildman–Crippen MR) is 27.6 cm³/mol. The number of ether oxygens (including phenoxy) is 1. The average Bonchev–Trinajstić information content (AvgIpc) is 1.78. The van der Waals surface area contributed by atoms with Crippen LogP contribution in [0.2, 0.25) is 0 Å². The Morgan fingerprint density at radius 1 is 1.25 bits per heavy atom. The largest absolute Gasteiger partial charge is 0.452 e. The normalized spacial score (nSPS) is 12.8. The van der Waals surface area contributed by atoms with Crippen molar-refractivity contribution >= 4 is 5.97 Å². The van der Waals surface area contributed by atoms with Crippen LogP contribution < -0.4 is 0 Å². The zero-order chi connectivity index (χ0) is 9.99. The Hall–Kier alpha value is -0.880. The molecule has 0 bridgehead atoms. The maximum absolute atomic E-state index is 11.8. The number of carbonyl (C=O) groups excluding carboxylic acids is 1. The van der Waals surface area contributed by atoms with Crippen LogP contribution in [0.25, 0.3) is 0 Å². The maximum atomic E-state index is 11.8. The van der Waals surface area contributed by atoms with Crippen LogP contribution in [0.4, 0.5) is 22.0 Å². The van der Waals surface area contributed by atoms with E-state index in [2.05, 4.69) is 4.74 Å². The highest BCUT2D eigenvalue weighted by atomic mass is 19.4. The molecule has 0 heterocycles. The molecular formula is C5H5F5O2. The standard InChI is InChI=1S/C5H5F5O2/c1-4(6,7)3(11)12-2-5(8,9)10/h2H2,1H3. The van der Waals surface area contributed by atoms with Crippen molar-refractivity contribution < 1.29 is 31.5 Å².